The SMILES string of the molecule is C/C=C/CCc1ccc(-c2ccc(CCc3ccc(C[C@@H](C)c4ccccc4)cc3)cc2)cc1. The highest BCUT2D eigenvalue weighted by molar-refractivity contribution is 5.64. The van der Waals surface area contributed by atoms with Crippen LogP contribution in [0.1, 0.15) is 54.0 Å². The average Bonchev–Trinajstić information content (AvgIpc) is 2.90. The molecule has 34 heavy (non-hydrogen) atoms. The number of rotatable bonds is 10. The predicted molar refractivity (Wildman–Crippen MR) is 147 cm³/mol. The second kappa shape index (κ2) is 12.2. The molecule has 0 spiro atoms. The Labute approximate surface area is 206 Å². The lowest BCUT2D eigenvalue weighted by atomic mass is 9.93. The van der Waals surface area contributed by atoms with Crippen molar-refractivity contribution in [2.45, 2.75) is 51.9 Å². The smallest absolute Gasteiger partial charge is 0.0150 e. The van der Waals surface area contributed by atoms with Crippen LogP contribution < -0.4 is 0 Å². The lowest BCUT2D eigenvalue weighted by molar-refractivity contribution is 0.758. The molecule has 0 aliphatic rings. The van der Waals surface area contributed by atoms with Crippen molar-refractivity contribution < 1.29 is 0 Å². The largest absolute Gasteiger partial charge is 0.0917 e. The lowest BCUT2D eigenvalue weighted by Crippen LogP contribution is -1.99. The van der Waals surface area contributed by atoms with Crippen molar-refractivity contribution in [1.29, 1.82) is 0 Å². The van der Waals surface area contributed by atoms with Gasteiger partial charge in [0, 0.05) is 0 Å². The summed E-state index contributed by atoms with van der Waals surface area (Å²) in [7, 11) is 0. The number of allylic oxidation sites excluding steroid dienone is 2. The topological polar surface area (TPSA) is 0 Å². The second-order valence-corrected chi connectivity index (χ2v) is 9.33. The molecule has 4 rings (SSSR count). The van der Waals surface area contributed by atoms with Gasteiger partial charge in [-0.3, -0.25) is 0 Å². The van der Waals surface area contributed by atoms with Crippen molar-refractivity contribution in [3.63, 3.8) is 0 Å². The minimum absolute atomic E-state index is 0.542. The molecule has 4 aromatic rings. The van der Waals surface area contributed by atoms with Crippen LogP contribution in [0.4, 0.5) is 0 Å². The monoisotopic (exact) mass is 444 g/mol. The number of aryl methyl sites for hydroxylation is 3. The van der Waals surface area contributed by atoms with Crippen molar-refractivity contribution in [2.24, 2.45) is 0 Å². The van der Waals surface area contributed by atoms with Crippen LogP contribution in [-0.4, -0.2) is 0 Å². The maximum atomic E-state index is 2.31. The van der Waals surface area contributed by atoms with E-state index in [0.29, 0.717) is 5.92 Å². The predicted octanol–water partition coefficient (Wildman–Crippen LogP) is 8.99. The van der Waals surface area contributed by atoms with Gasteiger partial charge >= 0.3 is 0 Å². The first kappa shape index (κ1) is 23.8. The summed E-state index contributed by atoms with van der Waals surface area (Å²) in [6.45, 7) is 4.39. The van der Waals surface area contributed by atoms with Crippen LogP contribution >= 0.6 is 0 Å². The van der Waals surface area contributed by atoms with Crippen molar-refractivity contribution in [1.82, 2.24) is 0 Å². The summed E-state index contributed by atoms with van der Waals surface area (Å²) in [4.78, 5) is 0. The van der Waals surface area contributed by atoms with Crippen LogP contribution in [0.3, 0.4) is 0 Å². The Bertz CT molecular complexity index is 1150. The zero-order chi connectivity index (χ0) is 23.6. The van der Waals surface area contributed by atoms with E-state index >= 15 is 0 Å². The van der Waals surface area contributed by atoms with Crippen molar-refractivity contribution in [3.05, 3.63) is 143 Å². The van der Waals surface area contributed by atoms with E-state index in [0.717, 1.165) is 32.1 Å². The van der Waals surface area contributed by atoms with E-state index in [9.17, 15) is 0 Å². The van der Waals surface area contributed by atoms with E-state index in [2.05, 4.69) is 129 Å². The van der Waals surface area contributed by atoms with E-state index in [1.807, 2.05) is 0 Å². The molecule has 0 nitrogen and oxygen atoms in total. The first-order chi connectivity index (χ1) is 16.7. The molecule has 0 radical (unpaired) electrons. The maximum absolute atomic E-state index is 2.31. The van der Waals surface area contributed by atoms with Gasteiger partial charge in [0.2, 0.25) is 0 Å². The van der Waals surface area contributed by atoms with Crippen LogP contribution in [0, 0.1) is 0 Å². The van der Waals surface area contributed by atoms with E-state index < -0.39 is 0 Å². The van der Waals surface area contributed by atoms with Crippen LogP contribution in [0.25, 0.3) is 11.1 Å². The van der Waals surface area contributed by atoms with E-state index in [1.54, 1.807) is 0 Å². The van der Waals surface area contributed by atoms with Crippen molar-refractivity contribution >= 4 is 0 Å². The normalized spacial score (nSPS) is 12.2. The molecule has 0 saturated heterocycles. The summed E-state index contributed by atoms with van der Waals surface area (Å²) in [5, 5.41) is 0. The zero-order valence-corrected chi connectivity index (χ0v) is 20.6. The molecule has 0 saturated carbocycles. The summed E-state index contributed by atoms with van der Waals surface area (Å²) in [5.41, 5.74) is 9.62. The lowest BCUT2D eigenvalue weighted by Gasteiger charge is -2.12. The number of benzene rings is 4. The first-order valence-corrected chi connectivity index (χ1v) is 12.6. The summed E-state index contributed by atoms with van der Waals surface area (Å²) in [6, 6.07) is 38.1. The van der Waals surface area contributed by atoms with Crippen LogP contribution in [0.5, 0.6) is 0 Å². The van der Waals surface area contributed by atoms with Crippen molar-refractivity contribution in [2.75, 3.05) is 0 Å². The molecule has 0 aliphatic heterocycles. The molecule has 0 heterocycles. The highest BCUT2D eigenvalue weighted by Gasteiger charge is 2.06. The Balaban J connectivity index is 1.28. The van der Waals surface area contributed by atoms with E-state index in [-0.39, 0.29) is 0 Å². The van der Waals surface area contributed by atoms with Crippen LogP contribution in [0.2, 0.25) is 0 Å². The van der Waals surface area contributed by atoms with Gasteiger partial charge in [-0.25, -0.2) is 0 Å². The quantitative estimate of drug-likeness (QED) is 0.214. The minimum Gasteiger partial charge on any atom is -0.0917 e. The molecular formula is C34H36. The van der Waals surface area contributed by atoms with Gasteiger partial charge in [-0.05, 0) is 83.9 Å². The Morgan fingerprint density at radius 2 is 1.03 bits per heavy atom. The fourth-order valence-electron chi connectivity index (χ4n) is 4.53. The summed E-state index contributed by atoms with van der Waals surface area (Å²) in [5.74, 6) is 0.542. The van der Waals surface area contributed by atoms with Gasteiger partial charge in [-0.1, -0.05) is 122 Å². The number of hydrogen-bond acceptors (Lipinski definition) is 0. The molecule has 4 aromatic carbocycles. The minimum atomic E-state index is 0.542. The summed E-state index contributed by atoms with van der Waals surface area (Å²) >= 11 is 0. The second-order valence-electron chi connectivity index (χ2n) is 9.33. The third-order valence-corrected chi connectivity index (χ3v) is 6.71. The highest BCUT2D eigenvalue weighted by Crippen LogP contribution is 2.23. The van der Waals surface area contributed by atoms with Crippen molar-refractivity contribution in [3.8, 4) is 11.1 Å². The highest BCUT2D eigenvalue weighted by atomic mass is 14.1. The van der Waals surface area contributed by atoms with Gasteiger partial charge in [0.05, 0.1) is 0 Å². The Morgan fingerprint density at radius 3 is 1.56 bits per heavy atom. The molecule has 0 fully saturated rings. The maximum Gasteiger partial charge on any atom is -0.0150 e. The Morgan fingerprint density at radius 1 is 0.559 bits per heavy atom. The van der Waals surface area contributed by atoms with Gasteiger partial charge < -0.3 is 0 Å². The Hall–Kier alpha value is -3.38. The summed E-state index contributed by atoms with van der Waals surface area (Å²) in [6.07, 6.45) is 9.81. The van der Waals surface area contributed by atoms with Gasteiger partial charge in [0.25, 0.3) is 0 Å². The molecule has 0 aromatic heterocycles. The fourth-order valence-corrected chi connectivity index (χ4v) is 4.53. The molecule has 1 atom stereocenters. The van der Waals surface area contributed by atoms with Gasteiger partial charge in [-0.15, -0.1) is 0 Å². The third-order valence-electron chi connectivity index (χ3n) is 6.71. The molecular weight excluding hydrogens is 408 g/mol. The Kier molecular flexibility index (Phi) is 8.52. The van der Waals surface area contributed by atoms with E-state index in [1.165, 1.54) is 38.9 Å². The van der Waals surface area contributed by atoms with Gasteiger partial charge in [0.1, 0.15) is 0 Å². The number of hydrogen-bond donors (Lipinski definition) is 0. The average molecular weight is 445 g/mol. The molecule has 0 heteroatoms. The molecule has 172 valence electrons. The third kappa shape index (κ3) is 6.81. The first-order valence-electron chi connectivity index (χ1n) is 12.6. The molecule has 0 bridgehead atoms. The fraction of sp³-hybridized carbons (Fsp3) is 0.235. The molecule has 0 aliphatic carbocycles. The standard InChI is InChI=1S/C34H36/c1-3-4-6-9-28-18-22-33(23-19-28)34-24-20-30(21-25-34)13-12-29-14-16-31(17-15-29)26-27(2)32-10-7-5-8-11-32/h3-5,7-8,10-11,14-25,27H,6,9,12-13,26H2,1-2H3/b4-3+/t27-/m1/s1. The van der Waals surface area contributed by atoms with Gasteiger partial charge in [-0.2, -0.15) is 0 Å². The zero-order valence-electron chi connectivity index (χ0n) is 20.6. The van der Waals surface area contributed by atoms with Crippen LogP contribution in [0.15, 0.2) is 115 Å². The summed E-state index contributed by atoms with van der Waals surface area (Å²) < 4.78 is 0. The van der Waals surface area contributed by atoms with E-state index in [4.69, 9.17) is 0 Å². The van der Waals surface area contributed by atoms with Gasteiger partial charge in [0.15, 0.2) is 0 Å². The van der Waals surface area contributed by atoms with Crippen LogP contribution in [-0.2, 0) is 25.7 Å². The molecule has 0 unspecified atom stereocenters. The molecule has 0 N–H and O–H groups in total. The molecule has 0 amide bonds.